The van der Waals surface area contributed by atoms with Gasteiger partial charge >= 0.3 is 0 Å². The monoisotopic (exact) mass is 184 g/mol. The highest BCUT2D eigenvalue weighted by Crippen LogP contribution is 2.12. The molecule has 0 saturated carbocycles. The fourth-order valence-electron chi connectivity index (χ4n) is 1.18. The van der Waals surface area contributed by atoms with E-state index < -0.39 is 0 Å². The standard InChI is InChI=1S/C11H20O2/c1-9(2)7-11(13-4)6-5-10(3)8-12/h5,8-9,11H,6-7H2,1-4H3. The van der Waals surface area contributed by atoms with Crippen molar-refractivity contribution < 1.29 is 9.53 Å². The molecule has 0 heterocycles. The zero-order valence-electron chi connectivity index (χ0n) is 9.04. The van der Waals surface area contributed by atoms with Gasteiger partial charge in [-0.3, -0.25) is 4.79 Å². The molecule has 1 unspecified atom stereocenters. The van der Waals surface area contributed by atoms with Gasteiger partial charge < -0.3 is 4.74 Å². The van der Waals surface area contributed by atoms with Crippen molar-refractivity contribution in [2.45, 2.75) is 39.7 Å². The van der Waals surface area contributed by atoms with E-state index in [9.17, 15) is 4.79 Å². The molecule has 0 fully saturated rings. The summed E-state index contributed by atoms with van der Waals surface area (Å²) in [5, 5.41) is 0. The lowest BCUT2D eigenvalue weighted by molar-refractivity contribution is -0.104. The lowest BCUT2D eigenvalue weighted by atomic mass is 10.0. The summed E-state index contributed by atoms with van der Waals surface area (Å²) in [4.78, 5) is 10.3. The molecule has 0 spiro atoms. The molecule has 0 aromatic rings. The largest absolute Gasteiger partial charge is 0.381 e. The summed E-state index contributed by atoms with van der Waals surface area (Å²) in [5.74, 6) is 0.634. The maximum absolute atomic E-state index is 10.3. The second kappa shape index (κ2) is 6.84. The van der Waals surface area contributed by atoms with Crippen molar-refractivity contribution in [3.8, 4) is 0 Å². The van der Waals surface area contributed by atoms with E-state index in [1.165, 1.54) is 0 Å². The Kier molecular flexibility index (Phi) is 6.51. The highest BCUT2D eigenvalue weighted by atomic mass is 16.5. The van der Waals surface area contributed by atoms with Crippen LogP contribution in [0.1, 0.15) is 33.6 Å². The smallest absolute Gasteiger partial charge is 0.145 e. The Morgan fingerprint density at radius 3 is 2.46 bits per heavy atom. The second-order valence-corrected chi connectivity index (χ2v) is 3.79. The van der Waals surface area contributed by atoms with Crippen LogP contribution in [0.2, 0.25) is 0 Å². The Labute approximate surface area is 81.0 Å². The molecule has 0 saturated heterocycles. The number of hydrogen-bond donors (Lipinski definition) is 0. The summed E-state index contributed by atoms with van der Waals surface area (Å²) in [6.07, 6.45) is 4.93. The average Bonchev–Trinajstić information content (AvgIpc) is 2.10. The zero-order valence-corrected chi connectivity index (χ0v) is 9.04. The minimum atomic E-state index is 0.245. The van der Waals surface area contributed by atoms with E-state index in [0.717, 1.165) is 24.7 Å². The van der Waals surface area contributed by atoms with Crippen molar-refractivity contribution in [2.75, 3.05) is 7.11 Å². The molecule has 0 aliphatic rings. The molecule has 2 heteroatoms. The minimum absolute atomic E-state index is 0.245. The summed E-state index contributed by atoms with van der Waals surface area (Å²) in [6, 6.07) is 0. The third-order valence-electron chi connectivity index (χ3n) is 1.96. The molecule has 0 rings (SSSR count). The van der Waals surface area contributed by atoms with Gasteiger partial charge in [0.2, 0.25) is 0 Å². The molecule has 0 aromatic heterocycles. The van der Waals surface area contributed by atoms with Gasteiger partial charge in [0.25, 0.3) is 0 Å². The van der Waals surface area contributed by atoms with Crippen LogP contribution in [0.4, 0.5) is 0 Å². The zero-order chi connectivity index (χ0) is 10.3. The molecule has 0 aliphatic carbocycles. The van der Waals surface area contributed by atoms with E-state index in [4.69, 9.17) is 4.74 Å². The van der Waals surface area contributed by atoms with Gasteiger partial charge in [-0.1, -0.05) is 19.9 Å². The van der Waals surface area contributed by atoms with E-state index >= 15 is 0 Å². The summed E-state index contributed by atoms with van der Waals surface area (Å²) in [5.41, 5.74) is 0.783. The summed E-state index contributed by atoms with van der Waals surface area (Å²) >= 11 is 0. The summed E-state index contributed by atoms with van der Waals surface area (Å²) < 4.78 is 5.30. The fraction of sp³-hybridized carbons (Fsp3) is 0.727. The van der Waals surface area contributed by atoms with Gasteiger partial charge in [0.15, 0.2) is 0 Å². The van der Waals surface area contributed by atoms with Crippen LogP contribution in [0.25, 0.3) is 0 Å². The van der Waals surface area contributed by atoms with E-state index in [1.807, 2.05) is 13.0 Å². The highest BCUT2D eigenvalue weighted by Gasteiger charge is 2.07. The SMILES string of the molecule is COC(CC=C(C)C=O)CC(C)C. The number of carbonyl (C=O) groups excluding carboxylic acids is 1. The van der Waals surface area contributed by atoms with Gasteiger partial charge in [-0.05, 0) is 31.3 Å². The minimum Gasteiger partial charge on any atom is -0.381 e. The van der Waals surface area contributed by atoms with Gasteiger partial charge in [0, 0.05) is 7.11 Å². The summed E-state index contributed by atoms with van der Waals surface area (Å²) in [7, 11) is 1.72. The van der Waals surface area contributed by atoms with Crippen LogP contribution in [-0.2, 0) is 9.53 Å². The van der Waals surface area contributed by atoms with E-state index in [1.54, 1.807) is 7.11 Å². The van der Waals surface area contributed by atoms with Crippen molar-refractivity contribution in [3.05, 3.63) is 11.6 Å². The normalized spacial score (nSPS) is 14.7. The average molecular weight is 184 g/mol. The number of methoxy groups -OCH3 is 1. The highest BCUT2D eigenvalue weighted by molar-refractivity contribution is 5.71. The van der Waals surface area contributed by atoms with Crippen LogP contribution in [0.3, 0.4) is 0 Å². The molecule has 0 N–H and O–H groups in total. The Balaban J connectivity index is 3.91. The van der Waals surface area contributed by atoms with Gasteiger partial charge in [0.1, 0.15) is 6.29 Å². The van der Waals surface area contributed by atoms with Crippen LogP contribution in [0.15, 0.2) is 11.6 Å². The van der Waals surface area contributed by atoms with Gasteiger partial charge in [0.05, 0.1) is 6.10 Å². The first-order chi connectivity index (χ1) is 6.10. The first kappa shape index (κ1) is 12.4. The molecule has 2 nitrogen and oxygen atoms in total. The molecule has 76 valence electrons. The van der Waals surface area contributed by atoms with Crippen molar-refractivity contribution in [3.63, 3.8) is 0 Å². The fourth-order valence-corrected chi connectivity index (χ4v) is 1.18. The molecule has 1 atom stereocenters. The van der Waals surface area contributed by atoms with Gasteiger partial charge in [-0.25, -0.2) is 0 Å². The van der Waals surface area contributed by atoms with Crippen LogP contribution in [0, 0.1) is 5.92 Å². The number of allylic oxidation sites excluding steroid dienone is 1. The van der Waals surface area contributed by atoms with Crippen LogP contribution in [-0.4, -0.2) is 19.5 Å². The predicted octanol–water partition coefficient (Wildman–Crippen LogP) is 2.58. The number of aldehydes is 1. The molecule has 0 amide bonds. The van der Waals surface area contributed by atoms with E-state index in [0.29, 0.717) is 5.92 Å². The maximum Gasteiger partial charge on any atom is 0.145 e. The van der Waals surface area contributed by atoms with Crippen LogP contribution >= 0.6 is 0 Å². The Bertz CT molecular complexity index is 171. The molecule has 0 bridgehead atoms. The third kappa shape index (κ3) is 6.52. The number of hydrogen-bond acceptors (Lipinski definition) is 2. The first-order valence-corrected chi connectivity index (χ1v) is 4.74. The number of rotatable bonds is 6. The van der Waals surface area contributed by atoms with Crippen LogP contribution < -0.4 is 0 Å². The lowest BCUT2D eigenvalue weighted by Gasteiger charge is -2.15. The number of ether oxygens (including phenoxy) is 1. The Morgan fingerprint density at radius 1 is 1.46 bits per heavy atom. The molecular formula is C11H20O2. The molecule has 0 radical (unpaired) electrons. The quantitative estimate of drug-likeness (QED) is 0.468. The van der Waals surface area contributed by atoms with Gasteiger partial charge in [-0.15, -0.1) is 0 Å². The van der Waals surface area contributed by atoms with Gasteiger partial charge in [-0.2, -0.15) is 0 Å². The van der Waals surface area contributed by atoms with Crippen molar-refractivity contribution in [1.29, 1.82) is 0 Å². The van der Waals surface area contributed by atoms with Crippen molar-refractivity contribution in [1.82, 2.24) is 0 Å². The predicted molar refractivity (Wildman–Crippen MR) is 54.7 cm³/mol. The third-order valence-corrected chi connectivity index (χ3v) is 1.96. The Hall–Kier alpha value is -0.630. The Morgan fingerprint density at radius 2 is 2.08 bits per heavy atom. The first-order valence-electron chi connectivity index (χ1n) is 4.74. The number of carbonyl (C=O) groups is 1. The topological polar surface area (TPSA) is 26.3 Å². The second-order valence-electron chi connectivity index (χ2n) is 3.79. The van der Waals surface area contributed by atoms with Crippen molar-refractivity contribution in [2.24, 2.45) is 5.92 Å². The molecule has 13 heavy (non-hydrogen) atoms. The van der Waals surface area contributed by atoms with E-state index in [-0.39, 0.29) is 6.10 Å². The maximum atomic E-state index is 10.3. The van der Waals surface area contributed by atoms with Crippen LogP contribution in [0.5, 0.6) is 0 Å². The molecule has 0 aromatic carbocycles. The van der Waals surface area contributed by atoms with E-state index in [2.05, 4.69) is 13.8 Å². The molecule has 0 aliphatic heterocycles. The molecular weight excluding hydrogens is 164 g/mol. The lowest BCUT2D eigenvalue weighted by Crippen LogP contribution is -2.12. The summed E-state index contributed by atoms with van der Waals surface area (Å²) in [6.45, 7) is 6.15. The van der Waals surface area contributed by atoms with Crippen molar-refractivity contribution >= 4 is 6.29 Å².